The molecule has 118 valence electrons. The molecule has 0 bridgehead atoms. The number of carbonyl (C=O) groups excluding carboxylic acids is 1. The molecule has 0 spiro atoms. The molecule has 4 nitrogen and oxygen atoms in total. The molecule has 0 aromatic heterocycles. The van der Waals surface area contributed by atoms with E-state index >= 15 is 0 Å². The minimum atomic E-state index is -0.205. The van der Waals surface area contributed by atoms with Crippen LogP contribution >= 0.6 is 23.2 Å². The third-order valence-corrected chi connectivity index (χ3v) is 3.75. The van der Waals surface area contributed by atoms with E-state index in [0.29, 0.717) is 35.5 Å². The second-order valence-corrected chi connectivity index (χ2v) is 5.53. The number of halogens is 2. The highest BCUT2D eigenvalue weighted by molar-refractivity contribution is 6.37. The van der Waals surface area contributed by atoms with E-state index in [1.807, 2.05) is 13.8 Å². The van der Waals surface area contributed by atoms with Crippen molar-refractivity contribution in [1.29, 1.82) is 0 Å². The average molecular weight is 334 g/mol. The third kappa shape index (κ3) is 5.73. The standard InChI is InChI=1S/C15H21Cl2NO3/c1-4-18(10-11(2)15(19)20-3)8-9-21-14-12(16)6-5-7-13(14)17/h5-7,11H,4,8-10H2,1-3H3. The maximum absolute atomic E-state index is 11.4. The molecule has 1 unspecified atom stereocenters. The van der Waals surface area contributed by atoms with Gasteiger partial charge in [-0.3, -0.25) is 9.69 Å². The Morgan fingerprint density at radius 3 is 2.48 bits per heavy atom. The van der Waals surface area contributed by atoms with Crippen LogP contribution in [0, 0.1) is 5.92 Å². The van der Waals surface area contributed by atoms with Crippen LogP contribution in [0.5, 0.6) is 5.75 Å². The smallest absolute Gasteiger partial charge is 0.309 e. The van der Waals surface area contributed by atoms with Gasteiger partial charge in [0.15, 0.2) is 5.75 Å². The van der Waals surface area contributed by atoms with E-state index in [1.54, 1.807) is 18.2 Å². The zero-order valence-electron chi connectivity index (χ0n) is 12.6. The Labute approximate surface area is 135 Å². The minimum absolute atomic E-state index is 0.168. The molecule has 0 aliphatic rings. The first-order valence-corrected chi connectivity index (χ1v) is 7.62. The Hall–Kier alpha value is -0.970. The summed E-state index contributed by atoms with van der Waals surface area (Å²) in [5.74, 6) is 0.125. The van der Waals surface area contributed by atoms with Gasteiger partial charge in [-0.15, -0.1) is 0 Å². The third-order valence-electron chi connectivity index (χ3n) is 3.16. The highest BCUT2D eigenvalue weighted by Crippen LogP contribution is 2.32. The summed E-state index contributed by atoms with van der Waals surface area (Å²) in [6.07, 6.45) is 0. The molecule has 21 heavy (non-hydrogen) atoms. The van der Waals surface area contributed by atoms with Crippen LogP contribution in [-0.4, -0.2) is 44.2 Å². The number of para-hydroxylation sites is 1. The van der Waals surface area contributed by atoms with Crippen LogP contribution in [0.2, 0.25) is 10.0 Å². The molecule has 0 saturated carbocycles. The summed E-state index contributed by atoms with van der Waals surface area (Å²) in [6.45, 7) is 6.46. The lowest BCUT2D eigenvalue weighted by atomic mass is 10.1. The van der Waals surface area contributed by atoms with Gasteiger partial charge in [-0.1, -0.05) is 43.1 Å². The van der Waals surface area contributed by atoms with Crippen LogP contribution in [-0.2, 0) is 9.53 Å². The van der Waals surface area contributed by atoms with Crippen LogP contribution in [0.15, 0.2) is 18.2 Å². The average Bonchev–Trinajstić information content (AvgIpc) is 2.47. The van der Waals surface area contributed by atoms with Gasteiger partial charge in [0.1, 0.15) is 6.61 Å². The molecule has 0 saturated heterocycles. The zero-order valence-corrected chi connectivity index (χ0v) is 14.1. The summed E-state index contributed by atoms with van der Waals surface area (Å²) < 4.78 is 10.4. The van der Waals surface area contributed by atoms with Gasteiger partial charge in [-0.2, -0.15) is 0 Å². The maximum Gasteiger partial charge on any atom is 0.309 e. The van der Waals surface area contributed by atoms with Gasteiger partial charge in [0.25, 0.3) is 0 Å². The SMILES string of the molecule is CCN(CCOc1c(Cl)cccc1Cl)CC(C)C(=O)OC. The number of likely N-dealkylation sites (N-methyl/N-ethyl adjacent to an activating group) is 1. The van der Waals surface area contributed by atoms with Crippen LogP contribution < -0.4 is 4.74 Å². The number of carbonyl (C=O) groups is 1. The van der Waals surface area contributed by atoms with Crippen molar-refractivity contribution in [2.45, 2.75) is 13.8 Å². The molecule has 0 heterocycles. The van der Waals surface area contributed by atoms with E-state index in [1.165, 1.54) is 7.11 Å². The Morgan fingerprint density at radius 2 is 1.95 bits per heavy atom. The molecule has 0 fully saturated rings. The number of hydrogen-bond acceptors (Lipinski definition) is 4. The van der Waals surface area contributed by atoms with Gasteiger partial charge < -0.3 is 9.47 Å². The quantitative estimate of drug-likeness (QED) is 0.682. The van der Waals surface area contributed by atoms with Crippen molar-refractivity contribution in [2.24, 2.45) is 5.92 Å². The monoisotopic (exact) mass is 333 g/mol. The van der Waals surface area contributed by atoms with Gasteiger partial charge in [0, 0.05) is 13.1 Å². The molecule has 6 heteroatoms. The van der Waals surface area contributed by atoms with E-state index in [0.717, 1.165) is 6.54 Å². The predicted molar refractivity (Wildman–Crippen MR) is 85.3 cm³/mol. The Bertz CT molecular complexity index is 448. The van der Waals surface area contributed by atoms with Gasteiger partial charge in [-0.05, 0) is 18.7 Å². The molecule has 0 aliphatic carbocycles. The largest absolute Gasteiger partial charge is 0.489 e. The van der Waals surface area contributed by atoms with E-state index < -0.39 is 0 Å². The number of nitrogens with zero attached hydrogens (tertiary/aromatic N) is 1. The molecule has 0 aliphatic heterocycles. The second kappa shape index (κ2) is 9.13. The Morgan fingerprint density at radius 1 is 1.33 bits per heavy atom. The van der Waals surface area contributed by atoms with Crippen LogP contribution in [0.4, 0.5) is 0 Å². The van der Waals surface area contributed by atoms with Crippen LogP contribution in [0.25, 0.3) is 0 Å². The van der Waals surface area contributed by atoms with E-state index in [2.05, 4.69) is 4.90 Å². The van der Waals surface area contributed by atoms with Crippen LogP contribution in [0.3, 0.4) is 0 Å². The van der Waals surface area contributed by atoms with E-state index in [9.17, 15) is 4.79 Å². The Kier molecular flexibility index (Phi) is 7.86. The minimum Gasteiger partial charge on any atom is -0.489 e. The molecule has 0 radical (unpaired) electrons. The molecular formula is C15H21Cl2NO3. The van der Waals surface area contributed by atoms with E-state index in [4.69, 9.17) is 32.7 Å². The first-order chi connectivity index (χ1) is 9.99. The number of ether oxygens (including phenoxy) is 2. The highest BCUT2D eigenvalue weighted by atomic mass is 35.5. The fraction of sp³-hybridized carbons (Fsp3) is 0.533. The van der Waals surface area contributed by atoms with Gasteiger partial charge in [0.2, 0.25) is 0 Å². The summed E-state index contributed by atoms with van der Waals surface area (Å²) in [6, 6.07) is 5.24. The summed E-state index contributed by atoms with van der Waals surface area (Å²) in [5, 5.41) is 0.988. The number of hydrogen-bond donors (Lipinski definition) is 0. The van der Waals surface area contributed by atoms with Crippen molar-refractivity contribution in [3.8, 4) is 5.75 Å². The van der Waals surface area contributed by atoms with Gasteiger partial charge >= 0.3 is 5.97 Å². The lowest BCUT2D eigenvalue weighted by Crippen LogP contribution is -2.35. The molecule has 0 N–H and O–H groups in total. The summed E-state index contributed by atoms with van der Waals surface area (Å²) in [5.41, 5.74) is 0. The van der Waals surface area contributed by atoms with Crippen molar-refractivity contribution >= 4 is 29.2 Å². The number of benzene rings is 1. The second-order valence-electron chi connectivity index (χ2n) is 4.72. The topological polar surface area (TPSA) is 38.8 Å². The first-order valence-electron chi connectivity index (χ1n) is 6.86. The lowest BCUT2D eigenvalue weighted by Gasteiger charge is -2.23. The molecule has 1 rings (SSSR count). The summed E-state index contributed by atoms with van der Waals surface area (Å²) >= 11 is 12.1. The predicted octanol–water partition coefficient (Wildman–Crippen LogP) is 3.50. The normalized spacial score (nSPS) is 12.3. The Balaban J connectivity index is 2.47. The van der Waals surface area contributed by atoms with Crippen LogP contribution in [0.1, 0.15) is 13.8 Å². The van der Waals surface area contributed by atoms with Crippen molar-refractivity contribution in [1.82, 2.24) is 4.90 Å². The van der Waals surface area contributed by atoms with Crippen molar-refractivity contribution in [3.63, 3.8) is 0 Å². The molecular weight excluding hydrogens is 313 g/mol. The summed E-state index contributed by atoms with van der Waals surface area (Å²) in [7, 11) is 1.40. The molecule has 0 amide bonds. The van der Waals surface area contributed by atoms with Gasteiger partial charge in [0.05, 0.1) is 23.1 Å². The van der Waals surface area contributed by atoms with E-state index in [-0.39, 0.29) is 11.9 Å². The summed E-state index contributed by atoms with van der Waals surface area (Å²) in [4.78, 5) is 13.6. The molecule has 1 atom stereocenters. The lowest BCUT2D eigenvalue weighted by molar-refractivity contribution is -0.145. The molecule has 1 aromatic rings. The van der Waals surface area contributed by atoms with Crippen molar-refractivity contribution < 1.29 is 14.3 Å². The number of methoxy groups -OCH3 is 1. The number of rotatable bonds is 8. The fourth-order valence-corrected chi connectivity index (χ4v) is 2.45. The fourth-order valence-electron chi connectivity index (χ4n) is 1.94. The zero-order chi connectivity index (χ0) is 15.8. The highest BCUT2D eigenvalue weighted by Gasteiger charge is 2.17. The number of esters is 1. The van der Waals surface area contributed by atoms with Crippen molar-refractivity contribution in [2.75, 3.05) is 33.4 Å². The van der Waals surface area contributed by atoms with Crippen molar-refractivity contribution in [3.05, 3.63) is 28.2 Å². The van der Waals surface area contributed by atoms with Gasteiger partial charge in [-0.25, -0.2) is 0 Å². The first kappa shape index (κ1) is 18.1. The maximum atomic E-state index is 11.4. The molecule has 1 aromatic carbocycles.